The van der Waals surface area contributed by atoms with Crippen molar-refractivity contribution in [1.82, 2.24) is 10.2 Å². The number of carboxylic acids is 1. The minimum Gasteiger partial charge on any atom is -0.481 e. The first-order chi connectivity index (χ1) is 9.54. The third kappa shape index (κ3) is 2.40. The van der Waals surface area contributed by atoms with Crippen LogP contribution in [0.3, 0.4) is 0 Å². The second-order valence-electron chi connectivity index (χ2n) is 5.37. The lowest BCUT2D eigenvalue weighted by Gasteiger charge is -2.38. The SMILES string of the molecule is O=C(O)C1CC(N2CC(c3cccc(Br)c3)NC2=O)C1. The second-order valence-corrected chi connectivity index (χ2v) is 6.29. The van der Waals surface area contributed by atoms with Gasteiger partial charge in [-0.05, 0) is 30.5 Å². The fraction of sp³-hybridized carbons (Fsp3) is 0.429. The van der Waals surface area contributed by atoms with Gasteiger partial charge in [-0.1, -0.05) is 28.1 Å². The minimum absolute atomic E-state index is 0.0242. The van der Waals surface area contributed by atoms with Crippen LogP contribution in [0.4, 0.5) is 4.79 Å². The number of hydrogen-bond acceptors (Lipinski definition) is 2. The van der Waals surface area contributed by atoms with E-state index in [-0.39, 0.29) is 24.0 Å². The molecular formula is C14H15BrN2O3. The molecule has 2 fully saturated rings. The van der Waals surface area contributed by atoms with Crippen molar-refractivity contribution in [1.29, 1.82) is 0 Å². The van der Waals surface area contributed by atoms with Gasteiger partial charge in [-0.2, -0.15) is 0 Å². The van der Waals surface area contributed by atoms with Gasteiger partial charge in [0.25, 0.3) is 0 Å². The van der Waals surface area contributed by atoms with E-state index in [1.807, 2.05) is 24.3 Å². The molecule has 2 N–H and O–H groups in total. The molecular weight excluding hydrogens is 324 g/mol. The van der Waals surface area contributed by atoms with Crippen molar-refractivity contribution in [2.45, 2.75) is 24.9 Å². The highest BCUT2D eigenvalue weighted by Gasteiger charge is 2.43. The summed E-state index contributed by atoms with van der Waals surface area (Å²) in [5.41, 5.74) is 1.06. The topological polar surface area (TPSA) is 69.6 Å². The molecule has 0 aromatic heterocycles. The number of benzene rings is 1. The molecule has 1 saturated carbocycles. The average molecular weight is 339 g/mol. The van der Waals surface area contributed by atoms with E-state index in [1.54, 1.807) is 4.90 Å². The van der Waals surface area contributed by atoms with Crippen LogP contribution >= 0.6 is 15.9 Å². The molecule has 1 unspecified atom stereocenters. The summed E-state index contributed by atoms with van der Waals surface area (Å²) in [7, 11) is 0. The summed E-state index contributed by atoms with van der Waals surface area (Å²) in [5.74, 6) is -1.05. The molecule has 0 spiro atoms. The van der Waals surface area contributed by atoms with E-state index in [2.05, 4.69) is 21.2 Å². The zero-order chi connectivity index (χ0) is 14.3. The lowest BCUT2D eigenvalue weighted by atomic mass is 9.79. The maximum absolute atomic E-state index is 12.0. The van der Waals surface area contributed by atoms with Crippen molar-refractivity contribution in [2.75, 3.05) is 6.54 Å². The molecule has 1 aliphatic heterocycles. The summed E-state index contributed by atoms with van der Waals surface area (Å²) in [6, 6.07) is 7.82. The maximum atomic E-state index is 12.0. The first kappa shape index (κ1) is 13.4. The third-order valence-corrected chi connectivity index (χ3v) is 4.59. The van der Waals surface area contributed by atoms with Gasteiger partial charge in [0, 0.05) is 17.1 Å². The van der Waals surface area contributed by atoms with E-state index in [9.17, 15) is 9.59 Å². The molecule has 2 amide bonds. The highest BCUT2D eigenvalue weighted by atomic mass is 79.9. The van der Waals surface area contributed by atoms with Crippen LogP contribution in [0, 0.1) is 5.92 Å². The Morgan fingerprint density at radius 2 is 2.15 bits per heavy atom. The van der Waals surface area contributed by atoms with Gasteiger partial charge in [-0.15, -0.1) is 0 Å². The van der Waals surface area contributed by atoms with Crippen LogP contribution in [0.1, 0.15) is 24.4 Å². The van der Waals surface area contributed by atoms with Crippen molar-refractivity contribution in [3.05, 3.63) is 34.3 Å². The number of halogens is 1. The van der Waals surface area contributed by atoms with Crippen LogP contribution in [0.2, 0.25) is 0 Å². The van der Waals surface area contributed by atoms with Crippen LogP contribution in [0.5, 0.6) is 0 Å². The Morgan fingerprint density at radius 3 is 2.80 bits per heavy atom. The Hall–Kier alpha value is -1.56. The van der Waals surface area contributed by atoms with Gasteiger partial charge in [0.15, 0.2) is 0 Å². The molecule has 1 atom stereocenters. The van der Waals surface area contributed by atoms with Gasteiger partial charge in [0.05, 0.1) is 12.0 Å². The molecule has 3 rings (SSSR count). The first-order valence-electron chi connectivity index (χ1n) is 6.60. The molecule has 0 radical (unpaired) electrons. The molecule has 2 aliphatic rings. The Labute approximate surface area is 125 Å². The summed E-state index contributed by atoms with van der Waals surface area (Å²) in [6.45, 7) is 0.603. The number of urea groups is 1. The van der Waals surface area contributed by atoms with E-state index in [1.165, 1.54) is 0 Å². The molecule has 1 aromatic rings. The maximum Gasteiger partial charge on any atom is 0.318 e. The van der Waals surface area contributed by atoms with Gasteiger partial charge in [0.2, 0.25) is 0 Å². The predicted molar refractivity (Wildman–Crippen MR) is 76.3 cm³/mol. The lowest BCUT2D eigenvalue weighted by Crippen LogP contribution is -2.48. The first-order valence-corrected chi connectivity index (χ1v) is 7.39. The quantitative estimate of drug-likeness (QED) is 0.888. The fourth-order valence-corrected chi connectivity index (χ4v) is 3.25. The number of aliphatic carboxylic acids is 1. The Bertz CT molecular complexity index is 557. The number of hydrogen-bond donors (Lipinski definition) is 2. The standard InChI is InChI=1S/C14H15BrN2O3/c15-10-3-1-2-8(4-10)12-7-17(14(20)16-12)11-5-9(6-11)13(18)19/h1-4,9,11-12H,5-7H2,(H,16,20)(H,18,19). The molecule has 20 heavy (non-hydrogen) atoms. The lowest BCUT2D eigenvalue weighted by molar-refractivity contribution is -0.146. The van der Waals surface area contributed by atoms with Crippen LogP contribution in [0.25, 0.3) is 0 Å². The number of nitrogens with one attached hydrogen (secondary N) is 1. The van der Waals surface area contributed by atoms with Crippen molar-refractivity contribution in [3.63, 3.8) is 0 Å². The van der Waals surface area contributed by atoms with Gasteiger partial charge >= 0.3 is 12.0 Å². The molecule has 1 aromatic carbocycles. The smallest absolute Gasteiger partial charge is 0.318 e. The summed E-state index contributed by atoms with van der Waals surface area (Å²) in [5, 5.41) is 11.9. The predicted octanol–water partition coefficient (Wildman–Crippen LogP) is 2.38. The highest BCUT2D eigenvalue weighted by molar-refractivity contribution is 9.10. The fourth-order valence-electron chi connectivity index (χ4n) is 2.83. The van der Waals surface area contributed by atoms with E-state index in [0.717, 1.165) is 10.0 Å². The summed E-state index contributed by atoms with van der Waals surface area (Å²) < 4.78 is 0.984. The average Bonchev–Trinajstić information content (AvgIpc) is 2.69. The molecule has 106 valence electrons. The van der Waals surface area contributed by atoms with Gasteiger partial charge < -0.3 is 15.3 Å². The van der Waals surface area contributed by atoms with Crippen LogP contribution in [-0.4, -0.2) is 34.6 Å². The number of nitrogens with zero attached hydrogens (tertiary/aromatic N) is 1. The largest absolute Gasteiger partial charge is 0.481 e. The highest BCUT2D eigenvalue weighted by Crippen LogP contribution is 2.35. The molecule has 1 heterocycles. The Kier molecular flexibility index (Phi) is 3.41. The third-order valence-electron chi connectivity index (χ3n) is 4.09. The zero-order valence-corrected chi connectivity index (χ0v) is 12.3. The Balaban J connectivity index is 1.66. The molecule has 0 bridgehead atoms. The number of carbonyl (C=O) groups is 2. The van der Waals surface area contributed by atoms with Crippen LogP contribution in [0.15, 0.2) is 28.7 Å². The van der Waals surface area contributed by atoms with Gasteiger partial charge in [0.1, 0.15) is 0 Å². The van der Waals surface area contributed by atoms with E-state index in [4.69, 9.17) is 5.11 Å². The van der Waals surface area contributed by atoms with Crippen molar-refractivity contribution in [3.8, 4) is 0 Å². The molecule has 6 heteroatoms. The van der Waals surface area contributed by atoms with E-state index >= 15 is 0 Å². The molecule has 1 aliphatic carbocycles. The summed E-state index contributed by atoms with van der Waals surface area (Å²) in [4.78, 5) is 24.6. The number of carbonyl (C=O) groups excluding carboxylic acids is 1. The minimum atomic E-state index is -0.760. The summed E-state index contributed by atoms with van der Waals surface area (Å²) >= 11 is 3.43. The molecule has 5 nitrogen and oxygen atoms in total. The molecule has 1 saturated heterocycles. The number of rotatable bonds is 3. The number of amides is 2. The zero-order valence-electron chi connectivity index (χ0n) is 10.8. The van der Waals surface area contributed by atoms with Crippen molar-refractivity contribution in [2.24, 2.45) is 5.92 Å². The van der Waals surface area contributed by atoms with Gasteiger partial charge in [-0.3, -0.25) is 4.79 Å². The van der Waals surface area contributed by atoms with E-state index in [0.29, 0.717) is 19.4 Å². The van der Waals surface area contributed by atoms with Gasteiger partial charge in [-0.25, -0.2) is 4.79 Å². The number of carboxylic acid groups (broad SMARTS) is 1. The van der Waals surface area contributed by atoms with E-state index < -0.39 is 5.97 Å². The van der Waals surface area contributed by atoms with Crippen LogP contribution < -0.4 is 5.32 Å². The normalized spacial score (nSPS) is 28.9. The van der Waals surface area contributed by atoms with Crippen molar-refractivity contribution >= 4 is 27.9 Å². The monoisotopic (exact) mass is 338 g/mol. The Morgan fingerprint density at radius 1 is 1.40 bits per heavy atom. The second kappa shape index (κ2) is 5.09. The summed E-state index contributed by atoms with van der Waals surface area (Å²) in [6.07, 6.45) is 1.13. The van der Waals surface area contributed by atoms with Crippen LogP contribution in [-0.2, 0) is 4.79 Å². The van der Waals surface area contributed by atoms with Crippen molar-refractivity contribution < 1.29 is 14.7 Å².